The molecule has 0 saturated heterocycles. The number of carbonyl (C=O) groups is 1. The van der Waals surface area contributed by atoms with Crippen molar-refractivity contribution in [1.29, 1.82) is 0 Å². The number of carbonyl (C=O) groups excluding carboxylic acids is 1. The summed E-state index contributed by atoms with van der Waals surface area (Å²) in [5.74, 6) is 3.47. The van der Waals surface area contributed by atoms with Crippen molar-refractivity contribution in [3.05, 3.63) is 12.3 Å². The van der Waals surface area contributed by atoms with Gasteiger partial charge in [-0.25, -0.2) is 4.79 Å². The highest BCUT2D eigenvalue weighted by molar-refractivity contribution is 7.97. The molecule has 0 rings (SSSR count). The average molecular weight is 334 g/mol. The molecular formula is C17H33O4S+. The summed E-state index contributed by atoms with van der Waals surface area (Å²) in [6, 6.07) is 0. The average Bonchev–Trinajstić information content (AvgIpc) is 2.48. The molecule has 0 atom stereocenters. The molecule has 0 aromatic carbocycles. The second-order valence-corrected chi connectivity index (χ2v) is 7.59. The van der Waals surface area contributed by atoms with Crippen LogP contribution >= 0.6 is 0 Å². The summed E-state index contributed by atoms with van der Waals surface area (Å²) < 4.78 is 15.7. The largest absolute Gasteiger partial charge is 0.496 e. The summed E-state index contributed by atoms with van der Waals surface area (Å²) in [5, 5.41) is 0. The van der Waals surface area contributed by atoms with Crippen molar-refractivity contribution in [3.8, 4) is 0 Å². The maximum absolute atomic E-state index is 11.9. The van der Waals surface area contributed by atoms with Gasteiger partial charge in [0.05, 0.1) is 19.0 Å². The Hall–Kier alpha value is -0.680. The smallest absolute Gasteiger partial charge is 0.356 e. The fourth-order valence-electron chi connectivity index (χ4n) is 1.74. The quantitative estimate of drug-likeness (QED) is 0.200. The zero-order chi connectivity index (χ0) is 16.6. The highest BCUT2D eigenvalue weighted by Crippen LogP contribution is 2.06. The molecule has 0 amide bonds. The zero-order valence-corrected chi connectivity index (χ0v) is 15.3. The predicted molar refractivity (Wildman–Crippen MR) is 94.3 cm³/mol. The highest BCUT2D eigenvalue weighted by atomic mass is 32.2. The van der Waals surface area contributed by atoms with E-state index < -0.39 is 0 Å². The number of rotatable bonds is 15. The Morgan fingerprint density at radius 2 is 1.50 bits per heavy atom. The van der Waals surface area contributed by atoms with Crippen LogP contribution < -0.4 is 0 Å². The third kappa shape index (κ3) is 14.3. The maximum atomic E-state index is 11.9. The summed E-state index contributed by atoms with van der Waals surface area (Å²) in [5.41, 5.74) is 0. The number of hydrogen-bond acceptors (Lipinski definition) is 4. The lowest BCUT2D eigenvalue weighted by Gasteiger charge is -2.09. The number of allylic oxidation sites excluding steroid dienone is 1. The van der Waals surface area contributed by atoms with Crippen LogP contribution in [0.2, 0.25) is 0 Å². The zero-order valence-electron chi connectivity index (χ0n) is 14.5. The van der Waals surface area contributed by atoms with Gasteiger partial charge in [-0.1, -0.05) is 33.3 Å². The maximum Gasteiger partial charge on any atom is 0.356 e. The van der Waals surface area contributed by atoms with E-state index in [0.29, 0.717) is 37.9 Å². The molecule has 0 aromatic heterocycles. The monoisotopic (exact) mass is 333 g/mol. The lowest BCUT2D eigenvalue weighted by Crippen LogP contribution is -2.25. The Balaban J connectivity index is 3.68. The molecule has 22 heavy (non-hydrogen) atoms. The van der Waals surface area contributed by atoms with Gasteiger partial charge >= 0.3 is 5.97 Å². The van der Waals surface area contributed by atoms with E-state index in [1.165, 1.54) is 25.7 Å². The predicted octanol–water partition coefficient (Wildman–Crippen LogP) is 3.31. The van der Waals surface area contributed by atoms with Gasteiger partial charge in [0.1, 0.15) is 24.7 Å². The van der Waals surface area contributed by atoms with Crippen LogP contribution in [0.25, 0.3) is 0 Å². The van der Waals surface area contributed by atoms with Crippen LogP contribution in [0.5, 0.6) is 0 Å². The van der Waals surface area contributed by atoms with Crippen LogP contribution in [0.4, 0.5) is 0 Å². The van der Waals surface area contributed by atoms with E-state index in [2.05, 4.69) is 20.4 Å². The highest BCUT2D eigenvalue weighted by Gasteiger charge is 2.22. The lowest BCUT2D eigenvalue weighted by atomic mass is 10.4. The van der Waals surface area contributed by atoms with Crippen LogP contribution in [0.1, 0.15) is 46.5 Å². The second kappa shape index (κ2) is 15.2. The van der Waals surface area contributed by atoms with Gasteiger partial charge in [-0.2, -0.15) is 0 Å². The molecule has 0 aliphatic heterocycles. The molecule has 0 aliphatic carbocycles. The minimum absolute atomic E-state index is 0.0858. The first-order valence-electron chi connectivity index (χ1n) is 8.25. The Kier molecular flexibility index (Phi) is 14.8. The van der Waals surface area contributed by atoms with E-state index in [-0.39, 0.29) is 16.9 Å². The third-order valence-corrected chi connectivity index (χ3v) is 5.34. The van der Waals surface area contributed by atoms with Crippen molar-refractivity contribution >= 4 is 16.9 Å². The molecule has 0 bridgehead atoms. The molecule has 0 aromatic rings. The number of unbranched alkanes of at least 4 members (excludes halogenated alkanes) is 2. The van der Waals surface area contributed by atoms with Gasteiger partial charge in [0, 0.05) is 0 Å². The first-order valence-corrected chi connectivity index (χ1v) is 9.99. The molecule has 0 aliphatic rings. The van der Waals surface area contributed by atoms with Crippen LogP contribution in [0.15, 0.2) is 12.3 Å². The SMILES string of the molecule is C=C(C)OCCOCCOC(=O)C[S+](CCCC)CCCC. The van der Waals surface area contributed by atoms with E-state index in [0.717, 1.165) is 11.5 Å². The van der Waals surface area contributed by atoms with E-state index in [9.17, 15) is 4.79 Å². The molecule has 0 saturated carbocycles. The van der Waals surface area contributed by atoms with Crippen molar-refractivity contribution in [3.63, 3.8) is 0 Å². The molecule has 0 heterocycles. The standard InChI is InChI=1S/C17H33O4S/c1-5-7-13-22(14-8-6-2)15-17(18)21-12-10-19-9-11-20-16(3)4/h3,5-15H2,1-2,4H3/q+1. The van der Waals surface area contributed by atoms with Gasteiger partial charge in [0.2, 0.25) is 5.75 Å². The molecule has 0 fully saturated rings. The Bertz CT molecular complexity index is 286. The summed E-state index contributed by atoms with van der Waals surface area (Å²) >= 11 is 0. The normalized spacial score (nSPS) is 10.7. The lowest BCUT2D eigenvalue weighted by molar-refractivity contribution is -0.142. The van der Waals surface area contributed by atoms with E-state index in [1.54, 1.807) is 6.92 Å². The van der Waals surface area contributed by atoms with Crippen LogP contribution in [0, 0.1) is 0 Å². The van der Waals surface area contributed by atoms with Crippen LogP contribution in [0.3, 0.4) is 0 Å². The molecule has 5 heteroatoms. The number of esters is 1. The Morgan fingerprint density at radius 1 is 0.955 bits per heavy atom. The Labute approximate surface area is 138 Å². The molecule has 4 nitrogen and oxygen atoms in total. The molecule has 0 N–H and O–H groups in total. The second-order valence-electron chi connectivity index (χ2n) is 5.26. The van der Waals surface area contributed by atoms with Gasteiger partial charge in [-0.15, -0.1) is 0 Å². The van der Waals surface area contributed by atoms with E-state index >= 15 is 0 Å². The Morgan fingerprint density at radius 3 is 2.00 bits per heavy atom. The fraction of sp³-hybridized carbons (Fsp3) is 0.824. The number of ether oxygens (including phenoxy) is 3. The first-order chi connectivity index (χ1) is 10.6. The van der Waals surface area contributed by atoms with E-state index in [4.69, 9.17) is 14.2 Å². The van der Waals surface area contributed by atoms with Crippen LogP contribution in [-0.2, 0) is 29.9 Å². The summed E-state index contributed by atoms with van der Waals surface area (Å²) in [4.78, 5) is 11.9. The fourth-order valence-corrected chi connectivity index (χ4v) is 4.05. The van der Waals surface area contributed by atoms with E-state index in [1.807, 2.05) is 0 Å². The molecule has 0 spiro atoms. The first kappa shape index (κ1) is 21.3. The number of hydrogen-bond donors (Lipinski definition) is 0. The van der Waals surface area contributed by atoms with Gasteiger partial charge in [-0.05, 0) is 30.7 Å². The minimum Gasteiger partial charge on any atom is -0.496 e. The van der Waals surface area contributed by atoms with Crippen molar-refractivity contribution in [2.75, 3.05) is 43.7 Å². The van der Waals surface area contributed by atoms with Crippen LogP contribution in [-0.4, -0.2) is 49.7 Å². The molecular weight excluding hydrogens is 300 g/mol. The summed E-state index contributed by atoms with van der Waals surface area (Å²) in [7, 11) is 0.185. The van der Waals surface area contributed by atoms with Crippen molar-refractivity contribution in [1.82, 2.24) is 0 Å². The van der Waals surface area contributed by atoms with Crippen molar-refractivity contribution in [2.24, 2.45) is 0 Å². The minimum atomic E-state index is -0.0858. The third-order valence-electron chi connectivity index (χ3n) is 2.96. The molecule has 0 unspecified atom stereocenters. The van der Waals surface area contributed by atoms with Gasteiger partial charge < -0.3 is 14.2 Å². The summed E-state index contributed by atoms with van der Waals surface area (Å²) in [6.45, 7) is 11.5. The van der Waals surface area contributed by atoms with Gasteiger partial charge in [0.15, 0.2) is 0 Å². The van der Waals surface area contributed by atoms with Crippen molar-refractivity contribution in [2.45, 2.75) is 46.5 Å². The summed E-state index contributed by atoms with van der Waals surface area (Å²) in [6.07, 6.45) is 4.77. The molecule has 130 valence electrons. The topological polar surface area (TPSA) is 44.8 Å². The van der Waals surface area contributed by atoms with Gasteiger partial charge in [0.25, 0.3) is 0 Å². The molecule has 0 radical (unpaired) electrons. The van der Waals surface area contributed by atoms with Gasteiger partial charge in [-0.3, -0.25) is 0 Å². The van der Waals surface area contributed by atoms with Crippen molar-refractivity contribution < 1.29 is 19.0 Å².